The average molecular weight is 509 g/mol. The van der Waals surface area contributed by atoms with E-state index in [4.69, 9.17) is 11.6 Å². The van der Waals surface area contributed by atoms with Crippen molar-refractivity contribution in [1.29, 1.82) is 0 Å². The summed E-state index contributed by atoms with van der Waals surface area (Å²) < 4.78 is 4.25. The lowest BCUT2D eigenvalue weighted by atomic mass is 10.2. The topological polar surface area (TPSA) is 37.2 Å². The number of nitrogens with one attached hydrogen (secondary N) is 1. The average Bonchev–Trinajstić information content (AvgIpc) is 2.92. The van der Waals surface area contributed by atoms with Crippen LogP contribution in [0.25, 0.3) is 21.8 Å². The molecule has 27 heavy (non-hydrogen) atoms. The summed E-state index contributed by atoms with van der Waals surface area (Å²) in [5.74, 6) is 0. The van der Waals surface area contributed by atoms with Crippen LogP contribution in [0.15, 0.2) is 69.6 Å². The number of halogens is 3. The molecule has 1 aromatic heterocycles. The fourth-order valence-corrected chi connectivity index (χ4v) is 4.27. The summed E-state index contributed by atoms with van der Waals surface area (Å²) in [5.41, 5.74) is 3.11. The van der Waals surface area contributed by atoms with Gasteiger partial charge in [0.05, 0.1) is 12.6 Å². The second kappa shape index (κ2) is 7.84. The molecular weight excluding hydrogens is 492 g/mol. The molecule has 1 unspecified atom stereocenters. The number of aliphatic hydroxyl groups is 1. The molecule has 1 atom stereocenters. The van der Waals surface area contributed by atoms with E-state index in [9.17, 15) is 5.11 Å². The molecule has 0 amide bonds. The van der Waals surface area contributed by atoms with Gasteiger partial charge in [-0.05, 0) is 54.6 Å². The molecule has 138 valence electrons. The minimum absolute atomic E-state index is 0.439. The second-order valence-corrected chi connectivity index (χ2v) is 8.75. The van der Waals surface area contributed by atoms with Crippen molar-refractivity contribution in [1.82, 2.24) is 4.57 Å². The number of fused-ring (bicyclic) bond motifs is 3. The third-order valence-corrected chi connectivity index (χ3v) is 5.77. The van der Waals surface area contributed by atoms with Crippen LogP contribution in [0.2, 0.25) is 5.02 Å². The van der Waals surface area contributed by atoms with Crippen molar-refractivity contribution in [2.24, 2.45) is 0 Å². The Morgan fingerprint density at radius 1 is 0.926 bits per heavy atom. The van der Waals surface area contributed by atoms with Crippen LogP contribution in [0.1, 0.15) is 0 Å². The van der Waals surface area contributed by atoms with E-state index in [0.29, 0.717) is 18.1 Å². The Balaban J connectivity index is 1.64. The van der Waals surface area contributed by atoms with Crippen LogP contribution in [0, 0.1) is 0 Å². The van der Waals surface area contributed by atoms with Crippen LogP contribution in [0.5, 0.6) is 0 Å². The zero-order chi connectivity index (χ0) is 19.0. The molecule has 1 heterocycles. The molecule has 3 nitrogen and oxygen atoms in total. The molecule has 0 spiro atoms. The first-order valence-electron chi connectivity index (χ1n) is 8.56. The quantitative estimate of drug-likeness (QED) is 0.325. The van der Waals surface area contributed by atoms with E-state index in [1.807, 2.05) is 36.4 Å². The number of benzene rings is 3. The van der Waals surface area contributed by atoms with Crippen LogP contribution in [0.3, 0.4) is 0 Å². The summed E-state index contributed by atoms with van der Waals surface area (Å²) in [5, 5.41) is 16.9. The van der Waals surface area contributed by atoms with Gasteiger partial charge < -0.3 is 15.0 Å². The van der Waals surface area contributed by atoms with E-state index in [0.717, 1.165) is 36.4 Å². The molecule has 0 aliphatic carbocycles. The number of nitrogens with zero attached hydrogens (tertiary/aromatic N) is 1. The van der Waals surface area contributed by atoms with Gasteiger partial charge in [-0.3, -0.25) is 0 Å². The van der Waals surface area contributed by atoms with Crippen molar-refractivity contribution >= 4 is 71.0 Å². The Hall–Kier alpha value is -1.53. The Labute approximate surface area is 179 Å². The van der Waals surface area contributed by atoms with Crippen LogP contribution < -0.4 is 5.32 Å². The van der Waals surface area contributed by atoms with E-state index < -0.39 is 6.10 Å². The van der Waals surface area contributed by atoms with Gasteiger partial charge in [0.15, 0.2) is 0 Å². The normalized spacial score (nSPS) is 12.6. The standard InChI is InChI=1S/C21H17Br2ClN2O/c22-13-4-6-20-18(8-13)19-9-14(23)5-7-21(19)26(20)12-17(27)11-25-16-3-1-2-15(24)10-16/h1-10,17,25,27H,11-12H2. The molecule has 0 saturated carbocycles. The fraction of sp³-hybridized carbons (Fsp3) is 0.143. The lowest BCUT2D eigenvalue weighted by molar-refractivity contribution is 0.169. The van der Waals surface area contributed by atoms with Gasteiger partial charge in [0.2, 0.25) is 0 Å². The number of hydrogen-bond acceptors (Lipinski definition) is 2. The Morgan fingerprint density at radius 3 is 2.15 bits per heavy atom. The lowest BCUT2D eigenvalue weighted by Gasteiger charge is -2.16. The zero-order valence-corrected chi connectivity index (χ0v) is 18.2. The molecule has 0 bridgehead atoms. The van der Waals surface area contributed by atoms with Gasteiger partial charge in [0, 0.05) is 48.0 Å². The number of hydrogen-bond donors (Lipinski definition) is 2. The first-order valence-corrected chi connectivity index (χ1v) is 10.5. The van der Waals surface area contributed by atoms with Crippen molar-refractivity contribution in [3.8, 4) is 0 Å². The van der Waals surface area contributed by atoms with Gasteiger partial charge in [-0.15, -0.1) is 0 Å². The predicted molar refractivity (Wildman–Crippen MR) is 121 cm³/mol. The van der Waals surface area contributed by atoms with E-state index in [2.05, 4.69) is 66.0 Å². The van der Waals surface area contributed by atoms with Gasteiger partial charge in [0.25, 0.3) is 0 Å². The number of aromatic nitrogens is 1. The van der Waals surface area contributed by atoms with Crippen LogP contribution in [-0.4, -0.2) is 22.3 Å². The first kappa shape index (κ1) is 18.8. The molecule has 4 rings (SSSR count). The molecule has 0 fully saturated rings. The smallest absolute Gasteiger partial charge is 0.0891 e. The monoisotopic (exact) mass is 506 g/mol. The third kappa shape index (κ3) is 4.02. The second-order valence-electron chi connectivity index (χ2n) is 6.48. The molecule has 4 aromatic rings. The van der Waals surface area contributed by atoms with E-state index in [1.165, 1.54) is 0 Å². The van der Waals surface area contributed by atoms with Crippen molar-refractivity contribution < 1.29 is 5.11 Å². The molecule has 6 heteroatoms. The number of anilines is 1. The van der Waals surface area contributed by atoms with Gasteiger partial charge >= 0.3 is 0 Å². The number of rotatable bonds is 5. The minimum atomic E-state index is -0.546. The van der Waals surface area contributed by atoms with Crippen LogP contribution >= 0.6 is 43.5 Å². The highest BCUT2D eigenvalue weighted by molar-refractivity contribution is 9.10. The summed E-state index contributed by atoms with van der Waals surface area (Å²) >= 11 is 13.1. The van der Waals surface area contributed by atoms with Crippen molar-refractivity contribution in [2.45, 2.75) is 12.6 Å². The van der Waals surface area contributed by atoms with Crippen molar-refractivity contribution in [3.63, 3.8) is 0 Å². The Bertz CT molecular complexity index is 1070. The highest BCUT2D eigenvalue weighted by Crippen LogP contribution is 2.33. The molecule has 0 aliphatic rings. The molecule has 0 aliphatic heterocycles. The highest BCUT2D eigenvalue weighted by Gasteiger charge is 2.14. The SMILES string of the molecule is OC(CNc1cccc(Cl)c1)Cn1c2ccc(Br)cc2c2cc(Br)ccc21. The third-order valence-electron chi connectivity index (χ3n) is 4.55. The zero-order valence-electron chi connectivity index (χ0n) is 14.3. The van der Waals surface area contributed by atoms with E-state index in [-0.39, 0.29) is 0 Å². The molecule has 0 saturated heterocycles. The van der Waals surface area contributed by atoms with Gasteiger partial charge in [-0.25, -0.2) is 0 Å². The summed E-state index contributed by atoms with van der Waals surface area (Å²) in [4.78, 5) is 0. The highest BCUT2D eigenvalue weighted by atomic mass is 79.9. The summed E-state index contributed by atoms with van der Waals surface area (Å²) in [6.07, 6.45) is -0.546. The van der Waals surface area contributed by atoms with E-state index >= 15 is 0 Å². The van der Waals surface area contributed by atoms with Crippen LogP contribution in [-0.2, 0) is 6.54 Å². The van der Waals surface area contributed by atoms with Gasteiger partial charge in [-0.1, -0.05) is 49.5 Å². The van der Waals surface area contributed by atoms with Gasteiger partial charge in [-0.2, -0.15) is 0 Å². The lowest BCUT2D eigenvalue weighted by Crippen LogP contribution is -2.24. The maximum Gasteiger partial charge on any atom is 0.0891 e. The maximum atomic E-state index is 10.6. The van der Waals surface area contributed by atoms with Crippen molar-refractivity contribution in [3.05, 3.63) is 74.6 Å². The Morgan fingerprint density at radius 2 is 1.56 bits per heavy atom. The molecule has 0 radical (unpaired) electrons. The van der Waals surface area contributed by atoms with E-state index in [1.54, 1.807) is 0 Å². The fourth-order valence-electron chi connectivity index (χ4n) is 3.35. The molecule has 2 N–H and O–H groups in total. The Kier molecular flexibility index (Phi) is 5.46. The number of aliphatic hydroxyl groups excluding tert-OH is 1. The first-order chi connectivity index (χ1) is 13.0. The van der Waals surface area contributed by atoms with Gasteiger partial charge in [0.1, 0.15) is 0 Å². The summed E-state index contributed by atoms with van der Waals surface area (Å²) in [7, 11) is 0. The minimum Gasteiger partial charge on any atom is -0.389 e. The largest absolute Gasteiger partial charge is 0.389 e. The maximum absolute atomic E-state index is 10.6. The predicted octanol–water partition coefficient (Wildman–Crippen LogP) is 6.45. The molecular formula is C21H17Br2ClN2O. The molecule has 3 aromatic carbocycles. The summed E-state index contributed by atoms with van der Waals surface area (Å²) in [6.45, 7) is 0.936. The summed E-state index contributed by atoms with van der Waals surface area (Å²) in [6, 6.07) is 20.0. The van der Waals surface area contributed by atoms with Crippen LogP contribution in [0.4, 0.5) is 5.69 Å². The van der Waals surface area contributed by atoms with Crippen molar-refractivity contribution in [2.75, 3.05) is 11.9 Å².